The van der Waals surface area contributed by atoms with Crippen molar-refractivity contribution in [1.82, 2.24) is 9.88 Å². The molecular formula is C18H25N3. The first kappa shape index (κ1) is 14.5. The molecule has 0 spiro atoms. The molecule has 1 aromatic heterocycles. The number of likely N-dealkylation sites (N-methyl/N-ethyl adjacent to an activating group) is 1. The van der Waals surface area contributed by atoms with E-state index in [2.05, 4.69) is 48.2 Å². The molecule has 1 fully saturated rings. The molecule has 2 aromatic rings. The van der Waals surface area contributed by atoms with E-state index in [1.54, 1.807) is 0 Å². The summed E-state index contributed by atoms with van der Waals surface area (Å²) in [6.45, 7) is 0. The molecule has 1 aliphatic carbocycles. The molecule has 1 saturated carbocycles. The van der Waals surface area contributed by atoms with Crippen LogP contribution in [0.4, 0.5) is 0 Å². The summed E-state index contributed by atoms with van der Waals surface area (Å²) >= 11 is 0. The van der Waals surface area contributed by atoms with Crippen LogP contribution in [-0.4, -0.2) is 29.5 Å². The van der Waals surface area contributed by atoms with E-state index in [0.29, 0.717) is 0 Å². The number of pyridine rings is 1. The van der Waals surface area contributed by atoms with Crippen LogP contribution in [0.3, 0.4) is 0 Å². The molecule has 1 atom stereocenters. The molecule has 1 heterocycles. The van der Waals surface area contributed by atoms with Gasteiger partial charge in [-0.05, 0) is 50.7 Å². The van der Waals surface area contributed by atoms with Gasteiger partial charge in [0.05, 0.1) is 5.52 Å². The van der Waals surface area contributed by atoms with Gasteiger partial charge in [-0.25, -0.2) is 0 Å². The lowest BCUT2D eigenvalue weighted by atomic mass is 9.73. The fourth-order valence-electron chi connectivity index (χ4n) is 3.80. The Morgan fingerprint density at radius 1 is 1.14 bits per heavy atom. The van der Waals surface area contributed by atoms with Crippen molar-refractivity contribution in [2.24, 2.45) is 5.73 Å². The highest BCUT2D eigenvalue weighted by molar-refractivity contribution is 5.79. The summed E-state index contributed by atoms with van der Waals surface area (Å²) in [6, 6.07) is 10.6. The van der Waals surface area contributed by atoms with Crippen LogP contribution in [0.25, 0.3) is 10.9 Å². The van der Waals surface area contributed by atoms with Gasteiger partial charge >= 0.3 is 0 Å². The molecule has 0 aliphatic heterocycles. The first-order valence-electron chi connectivity index (χ1n) is 7.91. The molecular weight excluding hydrogens is 258 g/mol. The molecule has 3 heteroatoms. The Kier molecular flexibility index (Phi) is 3.96. The zero-order valence-electron chi connectivity index (χ0n) is 13.0. The quantitative estimate of drug-likeness (QED) is 0.937. The van der Waals surface area contributed by atoms with E-state index in [-0.39, 0.29) is 11.6 Å². The second kappa shape index (κ2) is 5.74. The summed E-state index contributed by atoms with van der Waals surface area (Å²) in [4.78, 5) is 6.75. The third-order valence-corrected chi connectivity index (χ3v) is 5.18. The topological polar surface area (TPSA) is 42.1 Å². The van der Waals surface area contributed by atoms with Crippen molar-refractivity contribution in [3.8, 4) is 0 Å². The third-order valence-electron chi connectivity index (χ3n) is 5.18. The standard InChI is InChI=1S/C18H25N3/c1-21(2)18(10-4-3-5-11-18)17(19)15-8-9-16-14(13-15)7-6-12-20-16/h6-9,12-13,17H,3-5,10-11,19H2,1-2H3. The predicted octanol–water partition coefficient (Wildman–Crippen LogP) is 3.50. The van der Waals surface area contributed by atoms with Crippen molar-refractivity contribution in [1.29, 1.82) is 0 Å². The number of benzene rings is 1. The van der Waals surface area contributed by atoms with Crippen LogP contribution in [0.2, 0.25) is 0 Å². The van der Waals surface area contributed by atoms with Crippen molar-refractivity contribution < 1.29 is 0 Å². The molecule has 112 valence electrons. The van der Waals surface area contributed by atoms with Gasteiger partial charge in [-0.15, -0.1) is 0 Å². The Morgan fingerprint density at radius 3 is 2.62 bits per heavy atom. The smallest absolute Gasteiger partial charge is 0.0702 e. The lowest BCUT2D eigenvalue weighted by molar-refractivity contribution is 0.0714. The van der Waals surface area contributed by atoms with E-state index in [1.165, 1.54) is 43.1 Å². The van der Waals surface area contributed by atoms with Crippen molar-refractivity contribution in [3.63, 3.8) is 0 Å². The van der Waals surface area contributed by atoms with Gasteiger partial charge in [-0.2, -0.15) is 0 Å². The maximum atomic E-state index is 6.73. The Balaban J connectivity index is 1.99. The van der Waals surface area contributed by atoms with E-state index in [0.717, 1.165) is 5.52 Å². The number of fused-ring (bicyclic) bond motifs is 1. The van der Waals surface area contributed by atoms with Crippen LogP contribution in [0.5, 0.6) is 0 Å². The minimum absolute atomic E-state index is 0.0532. The molecule has 1 aliphatic rings. The SMILES string of the molecule is CN(C)C1(C(N)c2ccc3ncccc3c2)CCCCC1. The highest BCUT2D eigenvalue weighted by Crippen LogP contribution is 2.41. The van der Waals surface area contributed by atoms with Gasteiger partial charge in [0, 0.05) is 23.2 Å². The molecule has 0 saturated heterocycles. The Bertz CT molecular complexity index is 615. The van der Waals surface area contributed by atoms with Crippen LogP contribution in [0, 0.1) is 0 Å². The normalized spacial score (nSPS) is 19.8. The monoisotopic (exact) mass is 283 g/mol. The van der Waals surface area contributed by atoms with Crippen molar-refractivity contribution >= 4 is 10.9 Å². The van der Waals surface area contributed by atoms with Crippen LogP contribution in [0.1, 0.15) is 43.7 Å². The molecule has 0 radical (unpaired) electrons. The largest absolute Gasteiger partial charge is 0.322 e. The van der Waals surface area contributed by atoms with Crippen LogP contribution >= 0.6 is 0 Å². The Hall–Kier alpha value is -1.45. The van der Waals surface area contributed by atoms with Gasteiger partial charge in [0.15, 0.2) is 0 Å². The summed E-state index contributed by atoms with van der Waals surface area (Å²) in [6.07, 6.45) is 8.11. The van der Waals surface area contributed by atoms with E-state index < -0.39 is 0 Å². The number of hydrogen-bond donors (Lipinski definition) is 1. The maximum Gasteiger partial charge on any atom is 0.0702 e. The Labute approximate surface area is 127 Å². The average molecular weight is 283 g/mol. The van der Waals surface area contributed by atoms with Gasteiger partial charge in [0.2, 0.25) is 0 Å². The predicted molar refractivity (Wildman–Crippen MR) is 88.2 cm³/mol. The minimum atomic E-state index is 0.0532. The van der Waals surface area contributed by atoms with E-state index in [1.807, 2.05) is 12.3 Å². The fourth-order valence-corrected chi connectivity index (χ4v) is 3.80. The summed E-state index contributed by atoms with van der Waals surface area (Å²) in [5, 5.41) is 1.18. The van der Waals surface area contributed by atoms with Crippen LogP contribution in [0.15, 0.2) is 36.5 Å². The van der Waals surface area contributed by atoms with Crippen molar-refractivity contribution in [2.45, 2.75) is 43.7 Å². The number of rotatable bonds is 3. The summed E-state index contributed by atoms with van der Waals surface area (Å²) in [5.74, 6) is 0. The van der Waals surface area contributed by atoms with Gasteiger partial charge in [-0.3, -0.25) is 4.98 Å². The summed E-state index contributed by atoms with van der Waals surface area (Å²) in [5.41, 5.74) is 9.09. The molecule has 2 N–H and O–H groups in total. The Morgan fingerprint density at radius 2 is 1.90 bits per heavy atom. The fraction of sp³-hybridized carbons (Fsp3) is 0.500. The number of hydrogen-bond acceptors (Lipinski definition) is 3. The maximum absolute atomic E-state index is 6.73. The lowest BCUT2D eigenvalue weighted by Gasteiger charge is -2.47. The van der Waals surface area contributed by atoms with Gasteiger partial charge in [0.25, 0.3) is 0 Å². The van der Waals surface area contributed by atoms with Gasteiger partial charge in [-0.1, -0.05) is 31.4 Å². The summed E-state index contributed by atoms with van der Waals surface area (Å²) in [7, 11) is 4.35. The number of nitrogens with zero attached hydrogens (tertiary/aromatic N) is 2. The average Bonchev–Trinajstić information content (AvgIpc) is 2.54. The first-order chi connectivity index (χ1) is 10.1. The first-order valence-corrected chi connectivity index (χ1v) is 7.91. The molecule has 3 nitrogen and oxygen atoms in total. The third kappa shape index (κ3) is 2.56. The second-order valence-electron chi connectivity index (χ2n) is 6.49. The van der Waals surface area contributed by atoms with Crippen molar-refractivity contribution in [2.75, 3.05) is 14.1 Å². The van der Waals surface area contributed by atoms with E-state index in [9.17, 15) is 0 Å². The van der Waals surface area contributed by atoms with Crippen molar-refractivity contribution in [3.05, 3.63) is 42.1 Å². The lowest BCUT2D eigenvalue weighted by Crippen LogP contribution is -2.53. The van der Waals surface area contributed by atoms with E-state index >= 15 is 0 Å². The number of aromatic nitrogens is 1. The highest BCUT2D eigenvalue weighted by atomic mass is 15.2. The molecule has 0 amide bonds. The van der Waals surface area contributed by atoms with Crippen LogP contribution < -0.4 is 5.73 Å². The van der Waals surface area contributed by atoms with Crippen LogP contribution in [-0.2, 0) is 0 Å². The van der Waals surface area contributed by atoms with Gasteiger partial charge < -0.3 is 10.6 Å². The molecule has 1 aromatic carbocycles. The molecule has 3 rings (SSSR count). The second-order valence-corrected chi connectivity index (χ2v) is 6.49. The molecule has 21 heavy (non-hydrogen) atoms. The highest BCUT2D eigenvalue weighted by Gasteiger charge is 2.40. The summed E-state index contributed by atoms with van der Waals surface area (Å²) < 4.78 is 0. The molecule has 0 bridgehead atoms. The molecule has 1 unspecified atom stereocenters. The zero-order chi connectivity index (χ0) is 14.9. The minimum Gasteiger partial charge on any atom is -0.322 e. The number of nitrogens with two attached hydrogens (primary N) is 1. The zero-order valence-corrected chi connectivity index (χ0v) is 13.0. The van der Waals surface area contributed by atoms with Gasteiger partial charge in [0.1, 0.15) is 0 Å². The van der Waals surface area contributed by atoms with E-state index in [4.69, 9.17) is 5.73 Å².